The molecule has 5 heteroatoms. The number of benzene rings is 3. The fourth-order valence-corrected chi connectivity index (χ4v) is 4.15. The second-order valence-electron chi connectivity index (χ2n) is 7.04. The number of fused-ring (bicyclic) bond motifs is 1. The third kappa shape index (κ3) is 2.84. The van der Waals surface area contributed by atoms with Gasteiger partial charge in [-0.05, 0) is 47.9 Å². The number of amides is 2. The summed E-state index contributed by atoms with van der Waals surface area (Å²) in [5.41, 5.74) is 4.28. The molecular formula is C24H17ClN2O2. The summed E-state index contributed by atoms with van der Waals surface area (Å²) in [4.78, 5) is 30.2. The number of hydrogen-bond donors (Lipinski definition) is 0. The molecule has 5 rings (SSSR count). The second-order valence-corrected chi connectivity index (χ2v) is 7.48. The third-order valence-electron chi connectivity index (χ3n) is 5.36. The highest BCUT2D eigenvalue weighted by Gasteiger charge is 2.43. The predicted octanol–water partition coefficient (Wildman–Crippen LogP) is 4.69. The average molecular weight is 401 g/mol. The molecule has 142 valence electrons. The van der Waals surface area contributed by atoms with Crippen LogP contribution in [0.15, 0.2) is 84.6 Å². The van der Waals surface area contributed by atoms with Crippen molar-refractivity contribution < 1.29 is 9.59 Å². The summed E-state index contributed by atoms with van der Waals surface area (Å²) < 4.78 is 0. The lowest BCUT2D eigenvalue weighted by molar-refractivity contribution is -0.120. The van der Waals surface area contributed by atoms with Crippen molar-refractivity contribution in [3.8, 4) is 0 Å². The highest BCUT2D eigenvalue weighted by molar-refractivity contribution is 6.46. The number of nitrogens with zero attached hydrogens (tertiary/aromatic N) is 2. The number of anilines is 2. The maximum Gasteiger partial charge on any atom is 0.282 e. The largest absolute Gasteiger partial charge is 0.336 e. The first kappa shape index (κ1) is 17.7. The highest BCUT2D eigenvalue weighted by Crippen LogP contribution is 2.40. The lowest BCUT2D eigenvalue weighted by Crippen LogP contribution is -2.34. The van der Waals surface area contributed by atoms with E-state index in [1.54, 1.807) is 24.3 Å². The van der Waals surface area contributed by atoms with Crippen LogP contribution < -0.4 is 9.80 Å². The summed E-state index contributed by atoms with van der Waals surface area (Å²) >= 11 is 6.00. The van der Waals surface area contributed by atoms with Crippen LogP contribution in [0, 0.1) is 0 Å². The maximum atomic E-state index is 13.6. The van der Waals surface area contributed by atoms with Gasteiger partial charge in [0.05, 0.1) is 11.3 Å². The van der Waals surface area contributed by atoms with Gasteiger partial charge in [0, 0.05) is 17.3 Å². The van der Waals surface area contributed by atoms with Gasteiger partial charge in [0.1, 0.15) is 5.70 Å². The van der Waals surface area contributed by atoms with Crippen molar-refractivity contribution in [1.29, 1.82) is 0 Å². The summed E-state index contributed by atoms with van der Waals surface area (Å²) in [5, 5.41) is 0.554. The molecule has 2 heterocycles. The zero-order valence-electron chi connectivity index (χ0n) is 15.5. The summed E-state index contributed by atoms with van der Waals surface area (Å²) in [5.74, 6) is -0.629. The van der Waals surface area contributed by atoms with Gasteiger partial charge in [0.15, 0.2) is 0 Å². The first-order valence-corrected chi connectivity index (χ1v) is 9.82. The Kier molecular flexibility index (Phi) is 4.22. The van der Waals surface area contributed by atoms with E-state index in [-0.39, 0.29) is 11.8 Å². The van der Waals surface area contributed by atoms with Gasteiger partial charge in [0.2, 0.25) is 0 Å². The number of hydrogen-bond acceptors (Lipinski definition) is 3. The molecule has 0 aliphatic carbocycles. The first-order chi connectivity index (χ1) is 14.1. The Hall–Kier alpha value is -3.37. The number of rotatable bonds is 3. The number of imide groups is 1. The van der Waals surface area contributed by atoms with Crippen LogP contribution in [0.25, 0.3) is 5.57 Å². The van der Waals surface area contributed by atoms with Crippen molar-refractivity contribution in [1.82, 2.24) is 0 Å². The molecule has 0 N–H and O–H groups in total. The molecule has 0 radical (unpaired) electrons. The van der Waals surface area contributed by atoms with Crippen LogP contribution in [-0.4, -0.2) is 18.4 Å². The summed E-state index contributed by atoms with van der Waals surface area (Å²) in [7, 11) is 0. The Labute approximate surface area is 173 Å². The van der Waals surface area contributed by atoms with Gasteiger partial charge in [-0.3, -0.25) is 9.59 Å². The lowest BCUT2D eigenvalue weighted by Gasteiger charge is -2.21. The van der Waals surface area contributed by atoms with Gasteiger partial charge < -0.3 is 4.90 Å². The molecule has 0 aromatic heterocycles. The molecule has 0 atom stereocenters. The van der Waals surface area contributed by atoms with Crippen LogP contribution in [0.5, 0.6) is 0 Å². The van der Waals surface area contributed by atoms with E-state index in [2.05, 4.69) is 6.07 Å². The van der Waals surface area contributed by atoms with Crippen molar-refractivity contribution in [3.63, 3.8) is 0 Å². The first-order valence-electron chi connectivity index (χ1n) is 9.44. The summed E-state index contributed by atoms with van der Waals surface area (Å²) in [6.07, 6.45) is 0.837. The zero-order chi connectivity index (χ0) is 20.0. The Morgan fingerprint density at radius 3 is 2.21 bits per heavy atom. The van der Waals surface area contributed by atoms with Crippen molar-refractivity contribution >= 4 is 40.4 Å². The highest BCUT2D eigenvalue weighted by atomic mass is 35.5. The van der Waals surface area contributed by atoms with E-state index in [1.807, 2.05) is 53.4 Å². The number of carbonyl (C=O) groups excluding carboxylic acids is 2. The normalized spacial score (nSPS) is 16.0. The molecule has 2 amide bonds. The fraction of sp³-hybridized carbons (Fsp3) is 0.0833. The molecule has 0 spiro atoms. The van der Waals surface area contributed by atoms with E-state index in [0.717, 1.165) is 17.7 Å². The van der Waals surface area contributed by atoms with Crippen molar-refractivity contribution in [2.45, 2.75) is 6.42 Å². The van der Waals surface area contributed by atoms with E-state index >= 15 is 0 Å². The molecule has 0 saturated carbocycles. The van der Waals surface area contributed by atoms with Crippen LogP contribution in [0.2, 0.25) is 5.02 Å². The third-order valence-corrected chi connectivity index (χ3v) is 5.62. The monoisotopic (exact) mass is 400 g/mol. The van der Waals surface area contributed by atoms with Gasteiger partial charge in [-0.15, -0.1) is 0 Å². The molecule has 0 unspecified atom stereocenters. The molecule has 29 heavy (non-hydrogen) atoms. The molecule has 0 fully saturated rings. The Morgan fingerprint density at radius 2 is 1.45 bits per heavy atom. The lowest BCUT2D eigenvalue weighted by atomic mass is 10.0. The molecule has 3 aromatic rings. The van der Waals surface area contributed by atoms with E-state index in [9.17, 15) is 9.59 Å². The quantitative estimate of drug-likeness (QED) is 0.599. The van der Waals surface area contributed by atoms with Crippen LogP contribution >= 0.6 is 11.6 Å². The Balaban J connectivity index is 1.68. The van der Waals surface area contributed by atoms with E-state index < -0.39 is 0 Å². The molecule has 2 aliphatic rings. The topological polar surface area (TPSA) is 40.6 Å². The van der Waals surface area contributed by atoms with E-state index in [0.29, 0.717) is 28.5 Å². The minimum atomic E-state index is -0.317. The summed E-state index contributed by atoms with van der Waals surface area (Å²) in [6, 6.07) is 24.2. The maximum absolute atomic E-state index is 13.6. The van der Waals surface area contributed by atoms with Gasteiger partial charge in [-0.2, -0.15) is 0 Å². The molecule has 4 nitrogen and oxygen atoms in total. The van der Waals surface area contributed by atoms with Crippen molar-refractivity contribution in [2.24, 2.45) is 0 Å². The predicted molar refractivity (Wildman–Crippen MR) is 115 cm³/mol. The van der Waals surface area contributed by atoms with Gasteiger partial charge in [0.25, 0.3) is 11.8 Å². The van der Waals surface area contributed by atoms with Crippen LogP contribution in [-0.2, 0) is 16.0 Å². The van der Waals surface area contributed by atoms with Crippen LogP contribution in [0.3, 0.4) is 0 Å². The summed E-state index contributed by atoms with van der Waals surface area (Å²) in [6.45, 7) is 0.665. The van der Waals surface area contributed by atoms with Gasteiger partial charge in [-0.1, -0.05) is 60.1 Å². The number of para-hydroxylation sites is 1. The van der Waals surface area contributed by atoms with Gasteiger partial charge in [-0.25, -0.2) is 4.90 Å². The fourth-order valence-electron chi connectivity index (χ4n) is 4.03. The molecule has 2 aliphatic heterocycles. The van der Waals surface area contributed by atoms with Crippen LogP contribution in [0.4, 0.5) is 11.4 Å². The van der Waals surface area contributed by atoms with Crippen molar-refractivity contribution in [3.05, 3.63) is 101 Å². The minimum absolute atomic E-state index is 0.312. The van der Waals surface area contributed by atoms with Gasteiger partial charge >= 0.3 is 0 Å². The van der Waals surface area contributed by atoms with E-state index in [1.165, 1.54) is 10.5 Å². The number of halogens is 1. The molecule has 0 bridgehead atoms. The zero-order valence-corrected chi connectivity index (χ0v) is 16.3. The molecule has 3 aromatic carbocycles. The standard InChI is InChI=1S/C24H17ClN2O2/c25-18-10-12-19(13-11-18)27-23(28)21(17-7-2-1-3-8-17)22(24(27)29)26-15-14-16-6-4-5-9-20(16)26/h1-13H,14-15H2. The Bertz CT molecular complexity index is 1150. The second kappa shape index (κ2) is 6.90. The van der Waals surface area contributed by atoms with E-state index in [4.69, 9.17) is 11.6 Å². The minimum Gasteiger partial charge on any atom is -0.336 e. The number of carbonyl (C=O) groups is 2. The SMILES string of the molecule is O=C1C(c2ccccc2)=C(N2CCc3ccccc32)C(=O)N1c1ccc(Cl)cc1. The smallest absolute Gasteiger partial charge is 0.282 e. The van der Waals surface area contributed by atoms with Crippen molar-refractivity contribution in [2.75, 3.05) is 16.3 Å². The molecule has 0 saturated heterocycles. The average Bonchev–Trinajstić information content (AvgIpc) is 3.28. The van der Waals surface area contributed by atoms with Crippen LogP contribution in [0.1, 0.15) is 11.1 Å². The Morgan fingerprint density at radius 1 is 0.759 bits per heavy atom. The molecular weight excluding hydrogens is 384 g/mol.